The highest BCUT2D eigenvalue weighted by molar-refractivity contribution is 5.49. The van der Waals surface area contributed by atoms with Gasteiger partial charge in [0, 0.05) is 12.7 Å². The monoisotopic (exact) mass is 177 g/mol. The van der Waals surface area contributed by atoms with Crippen molar-refractivity contribution >= 4 is 6.08 Å². The molecule has 1 aromatic rings. The number of hydrogen-bond donors (Lipinski definition) is 1. The molecule has 2 N–H and O–H groups in total. The molecule has 0 fully saturated rings. The van der Waals surface area contributed by atoms with E-state index in [0.29, 0.717) is 12.5 Å². The van der Waals surface area contributed by atoms with Crippen LogP contribution in [0.25, 0.3) is 6.08 Å². The van der Waals surface area contributed by atoms with E-state index in [2.05, 4.69) is 23.8 Å². The van der Waals surface area contributed by atoms with Gasteiger partial charge in [-0.25, -0.2) is 9.97 Å². The Hall–Kier alpha value is -1.22. The normalized spacial score (nSPS) is 12.2. The summed E-state index contributed by atoms with van der Waals surface area (Å²) in [6.45, 7) is 4.83. The average molecular weight is 177 g/mol. The standard InChI is InChI=1S/C10H15N3/c1-8(2)9(6-11)5-10-3-4-12-7-13-10/h3-5,7-8H,6,11H2,1-2H3. The summed E-state index contributed by atoms with van der Waals surface area (Å²) in [5, 5.41) is 0. The topological polar surface area (TPSA) is 51.8 Å². The molecule has 70 valence electrons. The second-order valence-electron chi connectivity index (χ2n) is 3.21. The van der Waals surface area contributed by atoms with Crippen LogP contribution in [0.5, 0.6) is 0 Å². The molecule has 0 saturated heterocycles. The van der Waals surface area contributed by atoms with Gasteiger partial charge in [0.2, 0.25) is 0 Å². The van der Waals surface area contributed by atoms with Gasteiger partial charge in [0.15, 0.2) is 0 Å². The highest BCUT2D eigenvalue weighted by Crippen LogP contribution is 2.11. The Kier molecular flexibility index (Phi) is 3.58. The number of rotatable bonds is 3. The van der Waals surface area contributed by atoms with E-state index in [9.17, 15) is 0 Å². The predicted octanol–water partition coefficient (Wildman–Crippen LogP) is 1.47. The molecule has 0 atom stereocenters. The summed E-state index contributed by atoms with van der Waals surface area (Å²) < 4.78 is 0. The van der Waals surface area contributed by atoms with Gasteiger partial charge in [0.1, 0.15) is 6.33 Å². The van der Waals surface area contributed by atoms with Gasteiger partial charge in [0.25, 0.3) is 0 Å². The second kappa shape index (κ2) is 4.72. The molecule has 3 heteroatoms. The average Bonchev–Trinajstić information content (AvgIpc) is 2.15. The van der Waals surface area contributed by atoms with Gasteiger partial charge in [-0.2, -0.15) is 0 Å². The van der Waals surface area contributed by atoms with Crippen LogP contribution < -0.4 is 5.73 Å². The van der Waals surface area contributed by atoms with Crippen molar-refractivity contribution in [1.82, 2.24) is 9.97 Å². The maximum absolute atomic E-state index is 5.61. The minimum absolute atomic E-state index is 0.472. The third-order valence-corrected chi connectivity index (χ3v) is 1.92. The van der Waals surface area contributed by atoms with Crippen LogP contribution in [-0.4, -0.2) is 16.5 Å². The lowest BCUT2D eigenvalue weighted by molar-refractivity contribution is 0.752. The van der Waals surface area contributed by atoms with Crippen LogP contribution in [0.15, 0.2) is 24.2 Å². The summed E-state index contributed by atoms with van der Waals surface area (Å²) >= 11 is 0. The first kappa shape index (κ1) is 9.86. The van der Waals surface area contributed by atoms with Crippen molar-refractivity contribution in [2.45, 2.75) is 13.8 Å². The molecule has 0 bridgehead atoms. The van der Waals surface area contributed by atoms with E-state index < -0.39 is 0 Å². The molecular formula is C10H15N3. The molecule has 0 aliphatic carbocycles. The third kappa shape index (κ3) is 2.95. The van der Waals surface area contributed by atoms with Gasteiger partial charge in [-0.3, -0.25) is 0 Å². The summed E-state index contributed by atoms with van der Waals surface area (Å²) in [7, 11) is 0. The van der Waals surface area contributed by atoms with Gasteiger partial charge >= 0.3 is 0 Å². The van der Waals surface area contributed by atoms with Gasteiger partial charge in [-0.15, -0.1) is 0 Å². The molecule has 3 nitrogen and oxygen atoms in total. The summed E-state index contributed by atoms with van der Waals surface area (Å²) in [5.41, 5.74) is 7.74. The molecular weight excluding hydrogens is 162 g/mol. The number of aromatic nitrogens is 2. The number of hydrogen-bond acceptors (Lipinski definition) is 3. The van der Waals surface area contributed by atoms with Crippen LogP contribution >= 0.6 is 0 Å². The molecule has 13 heavy (non-hydrogen) atoms. The zero-order chi connectivity index (χ0) is 9.68. The van der Waals surface area contributed by atoms with Crippen molar-refractivity contribution in [3.05, 3.63) is 29.9 Å². The lowest BCUT2D eigenvalue weighted by Gasteiger charge is -2.07. The van der Waals surface area contributed by atoms with Crippen molar-refractivity contribution < 1.29 is 0 Å². The molecule has 0 amide bonds. The van der Waals surface area contributed by atoms with Crippen LogP contribution in [0.1, 0.15) is 19.5 Å². The quantitative estimate of drug-likeness (QED) is 0.760. The maximum atomic E-state index is 5.61. The first-order valence-electron chi connectivity index (χ1n) is 4.40. The van der Waals surface area contributed by atoms with E-state index in [-0.39, 0.29) is 0 Å². The van der Waals surface area contributed by atoms with E-state index in [1.807, 2.05) is 12.1 Å². The molecule has 0 saturated carbocycles. The summed E-state index contributed by atoms with van der Waals surface area (Å²) in [6.07, 6.45) is 5.29. The molecule has 0 radical (unpaired) electrons. The van der Waals surface area contributed by atoms with E-state index in [0.717, 1.165) is 5.69 Å². The molecule has 0 unspecified atom stereocenters. The predicted molar refractivity (Wildman–Crippen MR) is 53.9 cm³/mol. The van der Waals surface area contributed by atoms with Crippen LogP contribution in [0, 0.1) is 5.92 Å². The van der Waals surface area contributed by atoms with Crippen molar-refractivity contribution in [3.63, 3.8) is 0 Å². The van der Waals surface area contributed by atoms with Crippen LogP contribution in [0.3, 0.4) is 0 Å². The third-order valence-electron chi connectivity index (χ3n) is 1.92. The first-order valence-corrected chi connectivity index (χ1v) is 4.40. The van der Waals surface area contributed by atoms with Gasteiger partial charge in [-0.05, 0) is 18.1 Å². The van der Waals surface area contributed by atoms with Gasteiger partial charge in [-0.1, -0.05) is 19.4 Å². The first-order chi connectivity index (χ1) is 6.24. The summed E-state index contributed by atoms with van der Waals surface area (Å²) in [4.78, 5) is 7.96. The molecule has 0 aromatic carbocycles. The van der Waals surface area contributed by atoms with Crippen molar-refractivity contribution in [2.24, 2.45) is 11.7 Å². The number of nitrogens with two attached hydrogens (primary N) is 1. The van der Waals surface area contributed by atoms with E-state index >= 15 is 0 Å². The van der Waals surface area contributed by atoms with E-state index in [1.54, 1.807) is 12.5 Å². The minimum atomic E-state index is 0.472. The lowest BCUT2D eigenvalue weighted by Crippen LogP contribution is -2.08. The van der Waals surface area contributed by atoms with Crippen molar-refractivity contribution in [3.8, 4) is 0 Å². The van der Waals surface area contributed by atoms with Gasteiger partial charge in [0.05, 0.1) is 5.69 Å². The molecule has 1 aromatic heterocycles. The maximum Gasteiger partial charge on any atom is 0.115 e. The fourth-order valence-corrected chi connectivity index (χ4v) is 1.04. The highest BCUT2D eigenvalue weighted by atomic mass is 14.8. The largest absolute Gasteiger partial charge is 0.327 e. The Morgan fingerprint density at radius 3 is 2.85 bits per heavy atom. The SMILES string of the molecule is CC(C)C(=Cc1ccncn1)CN. The van der Waals surface area contributed by atoms with Crippen LogP contribution in [0.4, 0.5) is 0 Å². The Bertz CT molecular complexity index is 277. The summed E-state index contributed by atoms with van der Waals surface area (Å²) in [5.74, 6) is 0.472. The molecule has 1 heterocycles. The number of nitrogens with zero attached hydrogens (tertiary/aromatic N) is 2. The zero-order valence-electron chi connectivity index (χ0n) is 8.07. The molecule has 1 rings (SSSR count). The lowest BCUT2D eigenvalue weighted by atomic mass is 10.0. The van der Waals surface area contributed by atoms with Crippen LogP contribution in [0.2, 0.25) is 0 Å². The van der Waals surface area contributed by atoms with E-state index in [1.165, 1.54) is 5.57 Å². The smallest absolute Gasteiger partial charge is 0.115 e. The molecule has 0 aliphatic rings. The van der Waals surface area contributed by atoms with Gasteiger partial charge < -0.3 is 5.73 Å². The molecule has 0 spiro atoms. The van der Waals surface area contributed by atoms with Crippen molar-refractivity contribution in [1.29, 1.82) is 0 Å². The Labute approximate surface area is 78.7 Å². The van der Waals surface area contributed by atoms with Crippen LogP contribution in [-0.2, 0) is 0 Å². The minimum Gasteiger partial charge on any atom is -0.327 e. The Morgan fingerprint density at radius 2 is 2.38 bits per heavy atom. The van der Waals surface area contributed by atoms with E-state index in [4.69, 9.17) is 5.73 Å². The second-order valence-corrected chi connectivity index (χ2v) is 3.21. The molecule has 0 aliphatic heterocycles. The Morgan fingerprint density at radius 1 is 1.62 bits per heavy atom. The zero-order valence-corrected chi connectivity index (χ0v) is 8.07. The summed E-state index contributed by atoms with van der Waals surface area (Å²) in [6, 6.07) is 1.87. The fraction of sp³-hybridized carbons (Fsp3) is 0.400. The van der Waals surface area contributed by atoms with Crippen molar-refractivity contribution in [2.75, 3.05) is 6.54 Å². The Balaban J connectivity index is 2.85. The fourth-order valence-electron chi connectivity index (χ4n) is 1.04. The highest BCUT2D eigenvalue weighted by Gasteiger charge is 2.00.